The van der Waals surface area contributed by atoms with E-state index >= 15 is 0 Å². The largest absolute Gasteiger partial charge is 0.465 e. The van der Waals surface area contributed by atoms with Crippen LogP contribution in [0, 0.1) is 5.82 Å². The SMILES string of the molecule is CN(C(=O)O)c1cc(F)cc2c1[nH]c1nc(Oc3cnc(CS(=O)O)nc3)nc(S(=O)(=O)Cc3ccccc3)c12. The topological polar surface area (TPSA) is 189 Å². The van der Waals surface area contributed by atoms with E-state index in [1.54, 1.807) is 30.3 Å². The van der Waals surface area contributed by atoms with Gasteiger partial charge < -0.3 is 19.4 Å². The van der Waals surface area contributed by atoms with E-state index in [0.29, 0.717) is 5.56 Å². The number of aromatic amines is 1. The van der Waals surface area contributed by atoms with Crippen LogP contribution in [0.1, 0.15) is 11.4 Å². The zero-order valence-corrected chi connectivity index (χ0v) is 22.1. The number of fused-ring (bicyclic) bond motifs is 3. The van der Waals surface area contributed by atoms with Crippen LogP contribution in [0.15, 0.2) is 59.9 Å². The molecule has 3 heterocycles. The molecule has 0 aliphatic carbocycles. The number of benzene rings is 2. The smallest absolute Gasteiger partial charge is 0.411 e. The van der Waals surface area contributed by atoms with Crippen molar-refractivity contribution in [1.29, 1.82) is 0 Å². The Morgan fingerprint density at radius 1 is 1.15 bits per heavy atom. The fourth-order valence-electron chi connectivity index (χ4n) is 3.98. The lowest BCUT2D eigenvalue weighted by molar-refractivity contribution is 0.203. The maximum absolute atomic E-state index is 14.7. The Bertz CT molecular complexity index is 1880. The fourth-order valence-corrected chi connectivity index (χ4v) is 5.85. The van der Waals surface area contributed by atoms with Crippen molar-refractivity contribution in [3.05, 3.63) is 72.1 Å². The quantitative estimate of drug-likeness (QED) is 0.178. The van der Waals surface area contributed by atoms with Gasteiger partial charge in [-0.15, -0.1) is 0 Å². The number of rotatable bonds is 8. The first-order chi connectivity index (χ1) is 19.0. The number of halogens is 1. The van der Waals surface area contributed by atoms with Gasteiger partial charge in [-0.1, -0.05) is 30.3 Å². The highest BCUT2D eigenvalue weighted by Crippen LogP contribution is 2.37. The summed E-state index contributed by atoms with van der Waals surface area (Å²) in [4.78, 5) is 31.6. The van der Waals surface area contributed by atoms with Crippen LogP contribution in [0.25, 0.3) is 21.9 Å². The van der Waals surface area contributed by atoms with Crippen molar-refractivity contribution in [3.63, 3.8) is 0 Å². The highest BCUT2D eigenvalue weighted by molar-refractivity contribution is 7.90. The maximum Gasteiger partial charge on any atom is 0.411 e. The molecule has 5 rings (SSSR count). The predicted octanol–water partition coefficient (Wildman–Crippen LogP) is 3.64. The molecule has 16 heteroatoms. The number of aromatic nitrogens is 5. The lowest BCUT2D eigenvalue weighted by Crippen LogP contribution is -2.24. The lowest BCUT2D eigenvalue weighted by Gasteiger charge is -2.14. The first kappa shape index (κ1) is 27.0. The maximum atomic E-state index is 14.7. The summed E-state index contributed by atoms with van der Waals surface area (Å²) in [5.41, 5.74) is 0.470. The summed E-state index contributed by atoms with van der Waals surface area (Å²) in [5.74, 6) is -1.47. The second-order valence-electron chi connectivity index (χ2n) is 8.50. The fraction of sp³-hybridized carbons (Fsp3) is 0.125. The van der Waals surface area contributed by atoms with Gasteiger partial charge in [-0.05, 0) is 17.7 Å². The van der Waals surface area contributed by atoms with E-state index in [1.165, 1.54) is 19.4 Å². The Morgan fingerprint density at radius 2 is 1.85 bits per heavy atom. The summed E-state index contributed by atoms with van der Waals surface area (Å²) in [6, 6.07) is 9.99. The number of carbonyl (C=O) groups is 1. The zero-order chi connectivity index (χ0) is 28.6. The summed E-state index contributed by atoms with van der Waals surface area (Å²) in [7, 11) is -2.98. The molecule has 0 aliphatic rings. The number of hydrogen-bond donors (Lipinski definition) is 3. The van der Waals surface area contributed by atoms with E-state index < -0.39 is 49.6 Å². The predicted molar refractivity (Wildman–Crippen MR) is 142 cm³/mol. The Labute approximate surface area is 227 Å². The second-order valence-corrected chi connectivity index (χ2v) is 11.3. The summed E-state index contributed by atoms with van der Waals surface area (Å²) >= 11 is -2.15. The molecule has 0 saturated heterocycles. The molecule has 2 aromatic carbocycles. The first-order valence-corrected chi connectivity index (χ1v) is 14.3. The van der Waals surface area contributed by atoms with Crippen LogP contribution in [0.5, 0.6) is 11.8 Å². The number of anilines is 1. The third kappa shape index (κ3) is 5.45. The molecule has 1 unspecified atom stereocenters. The average molecular weight is 587 g/mol. The number of carboxylic acid groups (broad SMARTS) is 1. The molecular weight excluding hydrogens is 567 g/mol. The van der Waals surface area contributed by atoms with Gasteiger partial charge in [-0.25, -0.2) is 31.8 Å². The lowest BCUT2D eigenvalue weighted by atomic mass is 10.1. The van der Waals surface area contributed by atoms with Crippen LogP contribution in [-0.4, -0.2) is 60.3 Å². The van der Waals surface area contributed by atoms with Gasteiger partial charge in [0.2, 0.25) is 9.84 Å². The van der Waals surface area contributed by atoms with Crippen molar-refractivity contribution in [2.45, 2.75) is 16.5 Å². The summed E-state index contributed by atoms with van der Waals surface area (Å²) < 4.78 is 67.7. The minimum atomic E-state index is -4.19. The Balaban J connectivity index is 1.70. The molecular formula is C24H19FN6O7S2. The molecule has 0 bridgehead atoms. The number of amides is 1. The molecule has 1 amide bonds. The van der Waals surface area contributed by atoms with Crippen molar-refractivity contribution in [2.75, 3.05) is 11.9 Å². The molecule has 40 heavy (non-hydrogen) atoms. The molecule has 13 nitrogen and oxygen atoms in total. The zero-order valence-electron chi connectivity index (χ0n) is 20.5. The van der Waals surface area contributed by atoms with Gasteiger partial charge in [0.05, 0.1) is 34.7 Å². The van der Waals surface area contributed by atoms with Crippen molar-refractivity contribution < 1.29 is 36.2 Å². The summed E-state index contributed by atoms with van der Waals surface area (Å²) in [5, 5.41) is 9.03. The van der Waals surface area contributed by atoms with Gasteiger partial charge >= 0.3 is 12.1 Å². The van der Waals surface area contributed by atoms with Crippen molar-refractivity contribution in [3.8, 4) is 11.8 Å². The minimum absolute atomic E-state index is 0.00619. The van der Waals surface area contributed by atoms with Crippen LogP contribution in [0.3, 0.4) is 0 Å². The van der Waals surface area contributed by atoms with Crippen LogP contribution in [0.2, 0.25) is 0 Å². The highest BCUT2D eigenvalue weighted by atomic mass is 32.2. The van der Waals surface area contributed by atoms with E-state index in [-0.39, 0.29) is 45.0 Å². The Kier molecular flexibility index (Phi) is 7.14. The molecule has 0 radical (unpaired) electrons. The van der Waals surface area contributed by atoms with E-state index in [1.807, 2.05) is 0 Å². The molecule has 206 valence electrons. The third-order valence-electron chi connectivity index (χ3n) is 5.74. The molecule has 0 spiro atoms. The van der Waals surface area contributed by atoms with E-state index in [4.69, 9.17) is 9.29 Å². The van der Waals surface area contributed by atoms with Crippen LogP contribution < -0.4 is 9.64 Å². The molecule has 0 fully saturated rings. The number of ether oxygens (including phenoxy) is 1. The van der Waals surface area contributed by atoms with E-state index in [0.717, 1.165) is 17.0 Å². The average Bonchev–Trinajstić information content (AvgIpc) is 3.26. The van der Waals surface area contributed by atoms with Crippen molar-refractivity contribution >= 4 is 54.6 Å². The third-order valence-corrected chi connectivity index (χ3v) is 7.84. The second kappa shape index (κ2) is 10.6. The van der Waals surface area contributed by atoms with E-state index in [2.05, 4.69) is 24.9 Å². The van der Waals surface area contributed by atoms with Gasteiger partial charge in [0, 0.05) is 12.4 Å². The first-order valence-electron chi connectivity index (χ1n) is 11.3. The summed E-state index contributed by atoms with van der Waals surface area (Å²) in [6.07, 6.45) is 1.02. The minimum Gasteiger partial charge on any atom is -0.465 e. The van der Waals surface area contributed by atoms with Gasteiger partial charge in [-0.3, -0.25) is 4.90 Å². The van der Waals surface area contributed by atoms with Gasteiger partial charge in [0.1, 0.15) is 23.0 Å². The van der Waals surface area contributed by atoms with Gasteiger partial charge in [0.25, 0.3) is 0 Å². The molecule has 5 aromatic rings. The number of hydrogen-bond acceptors (Lipinski definition) is 9. The molecule has 1 atom stereocenters. The Hall–Kier alpha value is -4.54. The summed E-state index contributed by atoms with van der Waals surface area (Å²) in [6.45, 7) is 0. The number of nitrogens with one attached hydrogen (secondary N) is 1. The van der Waals surface area contributed by atoms with Crippen LogP contribution >= 0.6 is 0 Å². The van der Waals surface area contributed by atoms with Gasteiger partial charge in [0.15, 0.2) is 21.9 Å². The number of sulfone groups is 1. The van der Waals surface area contributed by atoms with Gasteiger partial charge in [-0.2, -0.15) is 9.97 Å². The highest BCUT2D eigenvalue weighted by Gasteiger charge is 2.28. The molecule has 0 aliphatic heterocycles. The van der Waals surface area contributed by atoms with Crippen LogP contribution in [0.4, 0.5) is 14.9 Å². The van der Waals surface area contributed by atoms with Crippen LogP contribution in [-0.2, 0) is 32.4 Å². The van der Waals surface area contributed by atoms with Crippen molar-refractivity contribution in [2.24, 2.45) is 0 Å². The standard InChI is InChI=1S/C24H19FN6O7S2/c1-31(24(32)33)17-8-14(25)7-16-19-21(28-20(16)17)29-23(38-15-9-26-18(27-10-15)11-39(34)35)30-22(19)40(36,37)12-13-5-3-2-4-6-13/h2-10H,11-12H2,1H3,(H,32,33)(H,34,35)(H,28,29,30). The molecule has 3 aromatic heterocycles. The van der Waals surface area contributed by atoms with Crippen molar-refractivity contribution in [1.82, 2.24) is 24.9 Å². The monoisotopic (exact) mass is 586 g/mol. The number of H-pyrrole nitrogens is 1. The number of nitrogens with zero attached hydrogens (tertiary/aromatic N) is 5. The normalized spacial score (nSPS) is 12.5. The molecule has 0 saturated carbocycles. The Morgan fingerprint density at radius 3 is 2.50 bits per heavy atom. The molecule has 3 N–H and O–H groups in total. The van der Waals surface area contributed by atoms with E-state index in [9.17, 15) is 26.9 Å².